The van der Waals surface area contributed by atoms with Crippen molar-refractivity contribution in [2.45, 2.75) is 33.4 Å². The number of nitrogens with zero attached hydrogens (tertiary/aromatic N) is 4. The first kappa shape index (κ1) is 12.2. The van der Waals surface area contributed by atoms with Gasteiger partial charge in [0.1, 0.15) is 17.3 Å². The van der Waals surface area contributed by atoms with Gasteiger partial charge in [0.25, 0.3) is 0 Å². The Balaban J connectivity index is 2.48. The summed E-state index contributed by atoms with van der Waals surface area (Å²) in [5, 5.41) is 4.23. The molecule has 0 unspecified atom stereocenters. The van der Waals surface area contributed by atoms with Crippen LogP contribution >= 0.6 is 0 Å². The maximum Gasteiger partial charge on any atom is 0.132 e. The molecular weight excluding hydrogens is 226 g/mol. The van der Waals surface area contributed by atoms with Gasteiger partial charge >= 0.3 is 0 Å². The zero-order valence-corrected chi connectivity index (χ0v) is 10.7. The molecule has 0 radical (unpaired) electrons. The monoisotopic (exact) mass is 243 g/mol. The lowest BCUT2D eigenvalue weighted by Gasteiger charge is -2.03. The molecule has 2 heterocycles. The molecule has 0 bridgehead atoms. The van der Waals surface area contributed by atoms with Crippen LogP contribution in [-0.4, -0.2) is 19.3 Å². The number of imidazole rings is 1. The number of anilines is 1. The minimum absolute atomic E-state index is 0.448. The highest BCUT2D eigenvalue weighted by molar-refractivity contribution is 5.70. The van der Waals surface area contributed by atoms with Crippen molar-refractivity contribution in [3.63, 3.8) is 0 Å². The van der Waals surface area contributed by atoms with Crippen LogP contribution < -0.4 is 5.73 Å². The molecule has 2 rings (SSSR count). The van der Waals surface area contributed by atoms with Crippen LogP contribution in [0.5, 0.6) is 0 Å². The van der Waals surface area contributed by atoms with Gasteiger partial charge in [0.05, 0.1) is 12.7 Å². The van der Waals surface area contributed by atoms with Gasteiger partial charge < -0.3 is 10.3 Å². The second-order valence-electron chi connectivity index (χ2n) is 3.99. The molecule has 2 aromatic rings. The fraction of sp³-hybridized carbons (Fsp3) is 0.385. The Morgan fingerprint density at radius 3 is 2.78 bits per heavy atom. The molecule has 5 nitrogen and oxygen atoms in total. The SMILES string of the molecule is C#CCn1c(CC)nc(-c2cnn(CC)c2)c1N. The average Bonchev–Trinajstić information content (AvgIpc) is 2.96. The number of hydrogen-bond acceptors (Lipinski definition) is 3. The van der Waals surface area contributed by atoms with E-state index in [0.717, 1.165) is 30.0 Å². The van der Waals surface area contributed by atoms with Crippen molar-refractivity contribution >= 4 is 5.82 Å². The normalized spacial score (nSPS) is 10.5. The number of aromatic nitrogens is 4. The number of hydrogen-bond donors (Lipinski definition) is 1. The van der Waals surface area contributed by atoms with Gasteiger partial charge in [0.2, 0.25) is 0 Å². The highest BCUT2D eigenvalue weighted by Gasteiger charge is 2.15. The van der Waals surface area contributed by atoms with E-state index in [4.69, 9.17) is 12.2 Å². The van der Waals surface area contributed by atoms with Crippen LogP contribution in [0.25, 0.3) is 11.3 Å². The molecule has 0 aliphatic rings. The lowest BCUT2D eigenvalue weighted by molar-refractivity contribution is 0.660. The number of nitrogens with two attached hydrogens (primary N) is 1. The molecule has 0 saturated carbocycles. The van der Waals surface area contributed by atoms with Crippen molar-refractivity contribution in [1.82, 2.24) is 19.3 Å². The molecule has 2 aromatic heterocycles. The summed E-state index contributed by atoms with van der Waals surface area (Å²) in [6.45, 7) is 5.35. The van der Waals surface area contributed by atoms with E-state index in [2.05, 4.69) is 16.0 Å². The molecule has 5 heteroatoms. The number of terminal acetylenes is 1. The second kappa shape index (κ2) is 4.96. The van der Waals surface area contributed by atoms with Gasteiger partial charge in [0.15, 0.2) is 0 Å². The smallest absolute Gasteiger partial charge is 0.132 e. The Morgan fingerprint density at radius 1 is 1.44 bits per heavy atom. The Hall–Kier alpha value is -2.22. The van der Waals surface area contributed by atoms with Crippen LogP contribution in [0, 0.1) is 12.3 Å². The van der Waals surface area contributed by atoms with Crippen LogP contribution in [0.1, 0.15) is 19.7 Å². The van der Waals surface area contributed by atoms with Crippen LogP contribution in [0.2, 0.25) is 0 Å². The van der Waals surface area contributed by atoms with Crippen LogP contribution in [0.15, 0.2) is 12.4 Å². The van der Waals surface area contributed by atoms with E-state index in [-0.39, 0.29) is 0 Å². The van der Waals surface area contributed by atoms with E-state index >= 15 is 0 Å². The van der Waals surface area contributed by atoms with Crippen LogP contribution in [0.4, 0.5) is 5.82 Å². The molecule has 0 aliphatic carbocycles. The van der Waals surface area contributed by atoms with E-state index in [0.29, 0.717) is 12.4 Å². The number of rotatable bonds is 4. The van der Waals surface area contributed by atoms with Gasteiger partial charge in [-0.1, -0.05) is 12.8 Å². The molecule has 0 amide bonds. The molecule has 0 saturated heterocycles. The first-order chi connectivity index (χ1) is 8.71. The third-order valence-electron chi connectivity index (χ3n) is 2.88. The van der Waals surface area contributed by atoms with Crippen molar-refractivity contribution in [1.29, 1.82) is 0 Å². The lowest BCUT2D eigenvalue weighted by Crippen LogP contribution is -2.05. The van der Waals surface area contributed by atoms with Crippen molar-refractivity contribution in [2.75, 3.05) is 5.73 Å². The summed E-state index contributed by atoms with van der Waals surface area (Å²) in [6.07, 6.45) is 9.88. The average molecular weight is 243 g/mol. The van der Waals surface area contributed by atoms with Gasteiger partial charge in [-0.15, -0.1) is 6.42 Å². The topological polar surface area (TPSA) is 61.7 Å². The minimum atomic E-state index is 0.448. The molecule has 2 N–H and O–H groups in total. The minimum Gasteiger partial charge on any atom is -0.383 e. The Bertz CT molecular complexity index is 585. The van der Waals surface area contributed by atoms with E-state index in [1.54, 1.807) is 6.20 Å². The fourth-order valence-corrected chi connectivity index (χ4v) is 1.92. The summed E-state index contributed by atoms with van der Waals surface area (Å²) in [7, 11) is 0. The zero-order valence-electron chi connectivity index (χ0n) is 10.7. The first-order valence-corrected chi connectivity index (χ1v) is 6.02. The third-order valence-corrected chi connectivity index (χ3v) is 2.88. The van der Waals surface area contributed by atoms with Gasteiger partial charge in [-0.05, 0) is 6.92 Å². The highest BCUT2D eigenvalue weighted by Crippen LogP contribution is 2.26. The zero-order chi connectivity index (χ0) is 13.1. The van der Waals surface area contributed by atoms with E-state index in [1.807, 2.05) is 29.3 Å². The first-order valence-electron chi connectivity index (χ1n) is 6.02. The predicted octanol–water partition coefficient (Wildman–Crippen LogP) is 1.54. The van der Waals surface area contributed by atoms with Crippen molar-refractivity contribution in [2.24, 2.45) is 0 Å². The summed E-state index contributed by atoms with van der Waals surface area (Å²) in [4.78, 5) is 4.55. The van der Waals surface area contributed by atoms with Gasteiger partial charge in [-0.25, -0.2) is 4.98 Å². The number of nitrogen functional groups attached to an aromatic ring is 1. The summed E-state index contributed by atoms with van der Waals surface area (Å²) < 4.78 is 3.72. The van der Waals surface area contributed by atoms with E-state index in [9.17, 15) is 0 Å². The number of aryl methyl sites for hydroxylation is 2. The summed E-state index contributed by atoms with van der Waals surface area (Å²) in [6, 6.07) is 0. The van der Waals surface area contributed by atoms with Gasteiger partial charge in [-0.2, -0.15) is 5.10 Å². The third kappa shape index (κ3) is 1.97. The molecule has 0 aromatic carbocycles. The molecule has 0 aliphatic heterocycles. The maximum absolute atomic E-state index is 6.12. The molecule has 18 heavy (non-hydrogen) atoms. The van der Waals surface area contributed by atoms with Crippen LogP contribution in [-0.2, 0) is 19.5 Å². The van der Waals surface area contributed by atoms with Gasteiger partial charge in [-0.3, -0.25) is 4.68 Å². The van der Waals surface area contributed by atoms with E-state index < -0.39 is 0 Å². The maximum atomic E-state index is 6.12. The van der Waals surface area contributed by atoms with E-state index in [1.165, 1.54) is 0 Å². The lowest BCUT2D eigenvalue weighted by atomic mass is 10.2. The fourth-order valence-electron chi connectivity index (χ4n) is 1.92. The highest BCUT2D eigenvalue weighted by atomic mass is 15.3. The van der Waals surface area contributed by atoms with Crippen molar-refractivity contribution < 1.29 is 0 Å². The van der Waals surface area contributed by atoms with Crippen molar-refractivity contribution in [3.05, 3.63) is 18.2 Å². The molecule has 0 fully saturated rings. The van der Waals surface area contributed by atoms with Crippen molar-refractivity contribution in [3.8, 4) is 23.6 Å². The Labute approximate surface area is 107 Å². The van der Waals surface area contributed by atoms with Crippen LogP contribution in [0.3, 0.4) is 0 Å². The quantitative estimate of drug-likeness (QED) is 0.829. The summed E-state index contributed by atoms with van der Waals surface area (Å²) in [5.41, 5.74) is 7.81. The molecule has 0 spiro atoms. The largest absolute Gasteiger partial charge is 0.383 e. The van der Waals surface area contributed by atoms with Gasteiger partial charge in [0, 0.05) is 24.7 Å². The summed E-state index contributed by atoms with van der Waals surface area (Å²) >= 11 is 0. The second-order valence-corrected chi connectivity index (χ2v) is 3.99. The molecular formula is C13H17N5. The summed E-state index contributed by atoms with van der Waals surface area (Å²) in [5.74, 6) is 4.12. The Kier molecular flexibility index (Phi) is 3.38. The molecule has 0 atom stereocenters. The Morgan fingerprint density at radius 2 is 2.22 bits per heavy atom. The standard InChI is InChI=1S/C13H17N5/c1-4-7-18-11(5-2)16-12(13(18)14)10-8-15-17(6-3)9-10/h1,8-9H,5-7,14H2,2-3H3. The predicted molar refractivity (Wildman–Crippen MR) is 71.7 cm³/mol. The molecule has 94 valence electrons.